The van der Waals surface area contributed by atoms with Gasteiger partial charge in [-0.3, -0.25) is 5.10 Å². The molecule has 0 aliphatic carbocycles. The van der Waals surface area contributed by atoms with Gasteiger partial charge in [-0.2, -0.15) is 5.10 Å². The molecular weight excluding hydrogens is 206 g/mol. The molecule has 1 aromatic heterocycles. The van der Waals surface area contributed by atoms with Crippen LogP contribution in [0.5, 0.6) is 0 Å². The maximum atomic E-state index is 10.7. The van der Waals surface area contributed by atoms with Crippen LogP contribution in [0.3, 0.4) is 0 Å². The van der Waals surface area contributed by atoms with Crippen LogP contribution in [0.25, 0.3) is 11.3 Å². The number of aromatic amines is 1. The first-order valence-corrected chi connectivity index (χ1v) is 4.79. The quantitative estimate of drug-likeness (QED) is 0.721. The fourth-order valence-electron chi connectivity index (χ4n) is 1.52. The summed E-state index contributed by atoms with van der Waals surface area (Å²) >= 11 is 0. The van der Waals surface area contributed by atoms with Gasteiger partial charge in [-0.15, -0.1) is 0 Å². The summed E-state index contributed by atoms with van der Waals surface area (Å²) in [6.07, 6.45) is 0. The van der Waals surface area contributed by atoms with Crippen molar-refractivity contribution in [3.05, 3.63) is 41.6 Å². The molecule has 0 unspecified atom stereocenters. The number of aromatic carboxylic acids is 1. The summed E-state index contributed by atoms with van der Waals surface area (Å²) in [6.45, 7) is 0.394. The van der Waals surface area contributed by atoms with E-state index < -0.39 is 5.97 Å². The molecule has 0 bridgehead atoms. The fourth-order valence-corrected chi connectivity index (χ4v) is 1.52. The van der Waals surface area contributed by atoms with Crippen molar-refractivity contribution >= 4 is 5.97 Å². The van der Waals surface area contributed by atoms with Crippen LogP contribution < -0.4 is 5.73 Å². The van der Waals surface area contributed by atoms with Crippen LogP contribution in [0, 0.1) is 0 Å². The van der Waals surface area contributed by atoms with Crippen LogP contribution in [0.1, 0.15) is 16.1 Å². The Morgan fingerprint density at radius 3 is 2.81 bits per heavy atom. The molecule has 2 rings (SSSR count). The van der Waals surface area contributed by atoms with E-state index in [4.69, 9.17) is 10.8 Å². The van der Waals surface area contributed by atoms with E-state index in [1.165, 1.54) is 6.07 Å². The molecule has 5 heteroatoms. The van der Waals surface area contributed by atoms with Gasteiger partial charge >= 0.3 is 5.97 Å². The Morgan fingerprint density at radius 1 is 1.44 bits per heavy atom. The molecule has 0 radical (unpaired) electrons. The number of nitrogens with one attached hydrogen (secondary N) is 1. The number of aromatic nitrogens is 2. The third kappa shape index (κ3) is 1.80. The molecular formula is C11H11N3O2. The van der Waals surface area contributed by atoms with Crippen molar-refractivity contribution in [2.75, 3.05) is 0 Å². The molecule has 5 nitrogen and oxygen atoms in total. The molecule has 82 valence electrons. The smallest absolute Gasteiger partial charge is 0.353 e. The first kappa shape index (κ1) is 10.4. The molecule has 0 saturated carbocycles. The minimum absolute atomic E-state index is 0.0711. The Kier molecular flexibility index (Phi) is 2.70. The van der Waals surface area contributed by atoms with E-state index in [2.05, 4.69) is 10.2 Å². The molecule has 0 fully saturated rings. The van der Waals surface area contributed by atoms with Crippen molar-refractivity contribution in [3.8, 4) is 11.3 Å². The van der Waals surface area contributed by atoms with Gasteiger partial charge < -0.3 is 10.8 Å². The monoisotopic (exact) mass is 217 g/mol. The lowest BCUT2D eigenvalue weighted by molar-refractivity contribution is 0.0690. The Morgan fingerprint density at radius 2 is 2.19 bits per heavy atom. The van der Waals surface area contributed by atoms with Gasteiger partial charge in [0.25, 0.3) is 0 Å². The van der Waals surface area contributed by atoms with Gasteiger partial charge in [0, 0.05) is 12.1 Å². The number of carboxylic acids is 1. The van der Waals surface area contributed by atoms with Crippen molar-refractivity contribution in [1.29, 1.82) is 0 Å². The molecule has 2 aromatic rings. The molecule has 0 aliphatic heterocycles. The second-order valence-electron chi connectivity index (χ2n) is 3.33. The van der Waals surface area contributed by atoms with E-state index in [9.17, 15) is 4.79 Å². The Hall–Kier alpha value is -2.14. The van der Waals surface area contributed by atoms with Crippen molar-refractivity contribution in [2.45, 2.75) is 6.54 Å². The standard InChI is InChI=1S/C11H11N3O2/c12-6-7-3-1-2-4-8(7)9-5-10(11(15)16)14-13-9/h1-5H,6,12H2,(H,13,14)(H,15,16). The van der Waals surface area contributed by atoms with Crippen LogP contribution in [0.2, 0.25) is 0 Å². The Bertz CT molecular complexity index is 519. The Balaban J connectivity index is 2.46. The highest BCUT2D eigenvalue weighted by Gasteiger charge is 2.10. The Labute approximate surface area is 91.9 Å². The molecule has 1 heterocycles. The number of carbonyl (C=O) groups is 1. The number of nitrogens with two attached hydrogens (primary N) is 1. The van der Waals surface area contributed by atoms with Crippen LogP contribution >= 0.6 is 0 Å². The first-order chi connectivity index (χ1) is 7.72. The van der Waals surface area contributed by atoms with E-state index in [1.54, 1.807) is 0 Å². The summed E-state index contributed by atoms with van der Waals surface area (Å²) in [6, 6.07) is 9.01. The summed E-state index contributed by atoms with van der Waals surface area (Å²) in [5, 5.41) is 15.2. The lowest BCUT2D eigenvalue weighted by Crippen LogP contribution is -1.98. The molecule has 0 amide bonds. The first-order valence-electron chi connectivity index (χ1n) is 4.79. The third-order valence-corrected chi connectivity index (χ3v) is 2.32. The summed E-state index contributed by atoms with van der Waals surface area (Å²) in [4.78, 5) is 10.7. The van der Waals surface area contributed by atoms with E-state index in [0.717, 1.165) is 11.1 Å². The number of nitrogens with zero attached hydrogens (tertiary/aromatic N) is 1. The number of carboxylic acid groups (broad SMARTS) is 1. The minimum atomic E-state index is -1.02. The highest BCUT2D eigenvalue weighted by molar-refractivity contribution is 5.87. The molecule has 16 heavy (non-hydrogen) atoms. The zero-order valence-electron chi connectivity index (χ0n) is 8.47. The zero-order chi connectivity index (χ0) is 11.5. The highest BCUT2D eigenvalue weighted by atomic mass is 16.4. The summed E-state index contributed by atoms with van der Waals surface area (Å²) < 4.78 is 0. The number of benzene rings is 1. The second-order valence-corrected chi connectivity index (χ2v) is 3.33. The topological polar surface area (TPSA) is 92.0 Å². The fraction of sp³-hybridized carbons (Fsp3) is 0.0909. The van der Waals surface area contributed by atoms with E-state index >= 15 is 0 Å². The van der Waals surface area contributed by atoms with Crippen LogP contribution in [0.4, 0.5) is 0 Å². The predicted molar refractivity (Wildman–Crippen MR) is 58.9 cm³/mol. The van der Waals surface area contributed by atoms with Crippen molar-refractivity contribution in [2.24, 2.45) is 5.73 Å². The molecule has 0 spiro atoms. The summed E-state index contributed by atoms with van der Waals surface area (Å²) in [7, 11) is 0. The maximum absolute atomic E-state index is 10.7. The molecule has 0 atom stereocenters. The number of rotatable bonds is 3. The van der Waals surface area contributed by atoms with Gasteiger partial charge in [-0.25, -0.2) is 4.79 Å². The molecule has 0 saturated heterocycles. The zero-order valence-corrected chi connectivity index (χ0v) is 8.47. The van der Waals surface area contributed by atoms with Gasteiger partial charge in [0.2, 0.25) is 0 Å². The number of H-pyrrole nitrogens is 1. The predicted octanol–water partition coefficient (Wildman–Crippen LogP) is 1.23. The van der Waals surface area contributed by atoms with Crippen LogP contribution in [0.15, 0.2) is 30.3 Å². The summed E-state index contributed by atoms with van der Waals surface area (Å²) in [5.41, 5.74) is 8.06. The van der Waals surface area contributed by atoms with Crippen molar-refractivity contribution in [3.63, 3.8) is 0 Å². The van der Waals surface area contributed by atoms with Gasteiger partial charge in [-0.05, 0) is 11.6 Å². The normalized spacial score (nSPS) is 10.3. The van der Waals surface area contributed by atoms with Crippen molar-refractivity contribution < 1.29 is 9.90 Å². The SMILES string of the molecule is NCc1ccccc1-c1cc(C(=O)O)[nH]n1. The molecule has 0 aliphatic rings. The maximum Gasteiger partial charge on any atom is 0.353 e. The second kappa shape index (κ2) is 4.16. The summed E-state index contributed by atoms with van der Waals surface area (Å²) in [5.74, 6) is -1.02. The number of hydrogen-bond acceptors (Lipinski definition) is 3. The van der Waals surface area contributed by atoms with Gasteiger partial charge in [0.1, 0.15) is 5.69 Å². The number of hydrogen-bond donors (Lipinski definition) is 3. The van der Waals surface area contributed by atoms with Gasteiger partial charge in [-0.1, -0.05) is 24.3 Å². The van der Waals surface area contributed by atoms with Gasteiger partial charge in [0.05, 0.1) is 5.69 Å². The lowest BCUT2D eigenvalue weighted by atomic mass is 10.0. The average Bonchev–Trinajstić information content (AvgIpc) is 2.78. The third-order valence-electron chi connectivity index (χ3n) is 2.32. The molecule has 4 N–H and O–H groups in total. The van der Waals surface area contributed by atoms with E-state index in [1.807, 2.05) is 24.3 Å². The lowest BCUT2D eigenvalue weighted by Gasteiger charge is -2.03. The highest BCUT2D eigenvalue weighted by Crippen LogP contribution is 2.21. The molecule has 1 aromatic carbocycles. The largest absolute Gasteiger partial charge is 0.477 e. The minimum Gasteiger partial charge on any atom is -0.477 e. The van der Waals surface area contributed by atoms with Crippen LogP contribution in [-0.2, 0) is 6.54 Å². The van der Waals surface area contributed by atoms with E-state index in [-0.39, 0.29) is 5.69 Å². The van der Waals surface area contributed by atoms with Crippen molar-refractivity contribution in [1.82, 2.24) is 10.2 Å². The van der Waals surface area contributed by atoms with Crippen LogP contribution in [-0.4, -0.2) is 21.3 Å². The van der Waals surface area contributed by atoms with Gasteiger partial charge in [0.15, 0.2) is 0 Å². The van der Waals surface area contributed by atoms with E-state index in [0.29, 0.717) is 12.2 Å². The average molecular weight is 217 g/mol.